The highest BCUT2D eigenvalue weighted by Crippen LogP contribution is 2.13. The summed E-state index contributed by atoms with van der Waals surface area (Å²) in [7, 11) is 0. The van der Waals surface area contributed by atoms with Crippen LogP contribution in [0, 0.1) is 0 Å². The van der Waals surface area contributed by atoms with Crippen molar-refractivity contribution in [1.29, 1.82) is 0 Å². The van der Waals surface area contributed by atoms with Crippen molar-refractivity contribution in [1.82, 2.24) is 5.32 Å². The van der Waals surface area contributed by atoms with Gasteiger partial charge >= 0.3 is 0 Å². The first-order valence-corrected chi connectivity index (χ1v) is 7.68. The Hall–Kier alpha value is -1.32. The molecule has 0 amide bonds. The lowest BCUT2D eigenvalue weighted by atomic mass is 10.1. The predicted molar refractivity (Wildman–Crippen MR) is 86.9 cm³/mol. The van der Waals surface area contributed by atoms with Crippen LogP contribution < -0.4 is 5.32 Å². The molecule has 0 saturated heterocycles. The molecule has 0 fully saturated rings. The van der Waals surface area contributed by atoms with Crippen molar-refractivity contribution >= 4 is 15.9 Å². The third-order valence-electron chi connectivity index (χ3n) is 3.37. The largest absolute Gasteiger partial charge is 0.508 e. The number of aromatic hydroxyl groups is 1. The number of rotatable bonds is 6. The van der Waals surface area contributed by atoms with E-state index in [0.29, 0.717) is 11.8 Å². The van der Waals surface area contributed by atoms with E-state index in [0.717, 1.165) is 23.9 Å². The second-order valence-electron chi connectivity index (χ2n) is 5.11. The van der Waals surface area contributed by atoms with E-state index in [2.05, 4.69) is 52.4 Å². The Morgan fingerprint density at radius 2 is 1.60 bits per heavy atom. The molecule has 0 aliphatic heterocycles. The third kappa shape index (κ3) is 4.99. The SMILES string of the molecule is C[C@@H](CCc1ccc(O)cc1)NCc1ccc(Br)cc1. The van der Waals surface area contributed by atoms with Crippen LogP contribution in [0.2, 0.25) is 0 Å². The average molecular weight is 334 g/mol. The van der Waals surface area contributed by atoms with Gasteiger partial charge in [0.2, 0.25) is 0 Å². The highest BCUT2D eigenvalue weighted by molar-refractivity contribution is 9.10. The molecular formula is C17H20BrNO. The van der Waals surface area contributed by atoms with E-state index in [-0.39, 0.29) is 0 Å². The van der Waals surface area contributed by atoms with Gasteiger partial charge in [0.25, 0.3) is 0 Å². The van der Waals surface area contributed by atoms with Crippen LogP contribution in [0.25, 0.3) is 0 Å². The number of phenolic OH excluding ortho intramolecular Hbond substituents is 1. The number of phenols is 1. The Balaban J connectivity index is 1.73. The normalized spacial score (nSPS) is 12.3. The van der Waals surface area contributed by atoms with Crippen LogP contribution in [0.1, 0.15) is 24.5 Å². The summed E-state index contributed by atoms with van der Waals surface area (Å²) in [4.78, 5) is 0. The Labute approximate surface area is 129 Å². The molecule has 2 aromatic carbocycles. The van der Waals surface area contributed by atoms with E-state index < -0.39 is 0 Å². The van der Waals surface area contributed by atoms with Crippen LogP contribution in [-0.4, -0.2) is 11.1 Å². The Kier molecular flexibility index (Phi) is 5.62. The van der Waals surface area contributed by atoms with Gasteiger partial charge in [-0.3, -0.25) is 0 Å². The van der Waals surface area contributed by atoms with Crippen molar-refractivity contribution in [3.63, 3.8) is 0 Å². The van der Waals surface area contributed by atoms with Gasteiger partial charge in [-0.05, 0) is 55.2 Å². The smallest absolute Gasteiger partial charge is 0.115 e. The zero-order valence-electron chi connectivity index (χ0n) is 11.6. The van der Waals surface area contributed by atoms with E-state index in [4.69, 9.17) is 0 Å². The van der Waals surface area contributed by atoms with Gasteiger partial charge in [-0.15, -0.1) is 0 Å². The van der Waals surface area contributed by atoms with Crippen LogP contribution >= 0.6 is 15.9 Å². The molecule has 106 valence electrons. The molecule has 2 nitrogen and oxygen atoms in total. The van der Waals surface area contributed by atoms with E-state index in [1.54, 1.807) is 12.1 Å². The molecule has 1 atom stereocenters. The fourth-order valence-corrected chi connectivity index (χ4v) is 2.31. The lowest BCUT2D eigenvalue weighted by molar-refractivity contribution is 0.474. The summed E-state index contributed by atoms with van der Waals surface area (Å²) >= 11 is 3.44. The predicted octanol–water partition coefficient (Wildman–Crippen LogP) is 4.27. The van der Waals surface area contributed by atoms with Crippen LogP contribution in [0.15, 0.2) is 53.0 Å². The molecule has 0 aliphatic carbocycles. The second kappa shape index (κ2) is 7.46. The summed E-state index contributed by atoms with van der Waals surface area (Å²) in [6.07, 6.45) is 2.11. The number of aryl methyl sites for hydroxylation is 1. The van der Waals surface area contributed by atoms with Gasteiger partial charge in [0.05, 0.1) is 0 Å². The quantitative estimate of drug-likeness (QED) is 0.827. The molecule has 2 N–H and O–H groups in total. The number of halogens is 1. The van der Waals surface area contributed by atoms with E-state index in [1.165, 1.54) is 11.1 Å². The minimum absolute atomic E-state index is 0.329. The molecule has 0 radical (unpaired) electrons. The van der Waals surface area contributed by atoms with E-state index >= 15 is 0 Å². The lowest BCUT2D eigenvalue weighted by Crippen LogP contribution is -2.25. The molecule has 3 heteroatoms. The van der Waals surface area contributed by atoms with Gasteiger partial charge in [-0.25, -0.2) is 0 Å². The minimum atomic E-state index is 0.329. The van der Waals surface area contributed by atoms with Crippen molar-refractivity contribution in [2.75, 3.05) is 0 Å². The van der Waals surface area contributed by atoms with Crippen molar-refractivity contribution in [2.24, 2.45) is 0 Å². The minimum Gasteiger partial charge on any atom is -0.508 e. The maximum atomic E-state index is 9.25. The van der Waals surface area contributed by atoms with Crippen molar-refractivity contribution in [2.45, 2.75) is 32.4 Å². The Morgan fingerprint density at radius 1 is 1.00 bits per heavy atom. The molecule has 0 unspecified atom stereocenters. The van der Waals surface area contributed by atoms with Gasteiger partial charge in [0, 0.05) is 17.1 Å². The second-order valence-corrected chi connectivity index (χ2v) is 6.03. The van der Waals surface area contributed by atoms with Crippen molar-refractivity contribution in [3.8, 4) is 5.75 Å². The molecule has 0 aromatic heterocycles. The van der Waals surface area contributed by atoms with Gasteiger partial charge in [0.1, 0.15) is 5.75 Å². The molecule has 2 aromatic rings. The Bertz CT molecular complexity index is 472. The summed E-state index contributed by atoms with van der Waals surface area (Å²) < 4.78 is 1.11. The zero-order valence-corrected chi connectivity index (χ0v) is 13.2. The molecule has 0 spiro atoms. The lowest BCUT2D eigenvalue weighted by Gasteiger charge is -2.14. The Morgan fingerprint density at radius 3 is 2.25 bits per heavy atom. The summed E-state index contributed by atoms with van der Waals surface area (Å²) in [6.45, 7) is 3.10. The van der Waals surface area contributed by atoms with Gasteiger partial charge in [0.15, 0.2) is 0 Å². The first-order chi connectivity index (χ1) is 9.63. The third-order valence-corrected chi connectivity index (χ3v) is 3.90. The van der Waals surface area contributed by atoms with Crippen LogP contribution in [-0.2, 0) is 13.0 Å². The summed E-state index contributed by atoms with van der Waals surface area (Å²) in [5, 5.41) is 12.8. The van der Waals surface area contributed by atoms with Crippen LogP contribution in [0.3, 0.4) is 0 Å². The molecule has 0 heterocycles. The fourth-order valence-electron chi connectivity index (χ4n) is 2.04. The highest BCUT2D eigenvalue weighted by Gasteiger charge is 2.03. The molecule has 0 aliphatic rings. The fraction of sp³-hybridized carbons (Fsp3) is 0.294. The van der Waals surface area contributed by atoms with Crippen LogP contribution in [0.5, 0.6) is 5.75 Å². The topological polar surface area (TPSA) is 32.3 Å². The standard InChI is InChI=1S/C17H20BrNO/c1-13(2-3-14-6-10-17(20)11-7-14)19-12-15-4-8-16(18)9-5-15/h4-11,13,19-20H,2-3,12H2,1H3/t13-/m0/s1. The first-order valence-electron chi connectivity index (χ1n) is 6.89. The number of hydrogen-bond donors (Lipinski definition) is 2. The maximum Gasteiger partial charge on any atom is 0.115 e. The monoisotopic (exact) mass is 333 g/mol. The van der Waals surface area contributed by atoms with Gasteiger partial charge < -0.3 is 10.4 Å². The molecule has 20 heavy (non-hydrogen) atoms. The summed E-state index contributed by atoms with van der Waals surface area (Å²) in [6, 6.07) is 16.3. The molecule has 0 saturated carbocycles. The first kappa shape index (κ1) is 15.1. The van der Waals surface area contributed by atoms with Crippen molar-refractivity contribution < 1.29 is 5.11 Å². The van der Waals surface area contributed by atoms with E-state index in [1.807, 2.05) is 12.1 Å². The molecular weight excluding hydrogens is 314 g/mol. The van der Waals surface area contributed by atoms with Crippen molar-refractivity contribution in [3.05, 3.63) is 64.1 Å². The maximum absolute atomic E-state index is 9.25. The van der Waals surface area contributed by atoms with Crippen LogP contribution in [0.4, 0.5) is 0 Å². The highest BCUT2D eigenvalue weighted by atomic mass is 79.9. The average Bonchev–Trinajstić information content (AvgIpc) is 2.46. The molecule has 0 bridgehead atoms. The van der Waals surface area contributed by atoms with Gasteiger partial charge in [-0.1, -0.05) is 40.2 Å². The zero-order chi connectivity index (χ0) is 14.4. The number of nitrogens with one attached hydrogen (secondary N) is 1. The molecule has 2 rings (SSSR count). The number of hydrogen-bond acceptors (Lipinski definition) is 2. The summed E-state index contributed by atoms with van der Waals surface area (Å²) in [5.41, 5.74) is 2.56. The van der Waals surface area contributed by atoms with Gasteiger partial charge in [-0.2, -0.15) is 0 Å². The van der Waals surface area contributed by atoms with E-state index in [9.17, 15) is 5.11 Å². The summed E-state index contributed by atoms with van der Waals surface area (Å²) in [5.74, 6) is 0.329. The number of benzene rings is 2.